The van der Waals surface area contributed by atoms with Gasteiger partial charge in [-0.2, -0.15) is 13.2 Å². The highest BCUT2D eigenvalue weighted by Crippen LogP contribution is 2.36. The van der Waals surface area contributed by atoms with Crippen LogP contribution in [-0.2, 0) is 25.7 Å². The normalized spacial score (nSPS) is 20.0. The molecule has 2 fully saturated rings. The van der Waals surface area contributed by atoms with Crippen molar-refractivity contribution in [2.24, 2.45) is 0 Å². The summed E-state index contributed by atoms with van der Waals surface area (Å²) in [5.74, 6) is -0.833. The number of ether oxygens (including phenoxy) is 2. The third kappa shape index (κ3) is 5.08. The Bertz CT molecular complexity index is 986. The topological polar surface area (TPSA) is 125 Å². The van der Waals surface area contributed by atoms with E-state index < -0.39 is 44.6 Å². The number of likely N-dealkylation sites (tertiary alicyclic amines) is 1. The van der Waals surface area contributed by atoms with Gasteiger partial charge in [0.1, 0.15) is 11.9 Å². The Morgan fingerprint density at radius 3 is 2.12 bits per heavy atom. The Hall–Kier alpha value is -2.58. The SMILES string of the molecule is COC(=O)N1CCC(C(=O)NO)(S(=O)(=O)N2CCC(Oc3ccc(C(F)(F)F)cc3)CC2)CC1. The molecule has 3 rings (SSSR count). The van der Waals surface area contributed by atoms with E-state index in [-0.39, 0.29) is 57.6 Å². The molecule has 0 saturated carbocycles. The Balaban J connectivity index is 1.66. The van der Waals surface area contributed by atoms with Crippen LogP contribution in [0.1, 0.15) is 31.2 Å². The third-order valence-corrected chi connectivity index (χ3v) is 8.86. The Labute approximate surface area is 194 Å². The van der Waals surface area contributed by atoms with Crippen LogP contribution in [0.3, 0.4) is 0 Å². The molecule has 2 heterocycles. The highest BCUT2D eigenvalue weighted by molar-refractivity contribution is 7.91. The zero-order valence-electron chi connectivity index (χ0n) is 18.4. The number of halogens is 3. The fraction of sp³-hybridized carbons (Fsp3) is 0.600. The molecular formula is C20H26F3N3O7S. The van der Waals surface area contributed by atoms with Crippen molar-refractivity contribution in [2.45, 2.75) is 42.7 Å². The van der Waals surface area contributed by atoms with Crippen LogP contribution in [0.2, 0.25) is 0 Å². The number of alkyl halides is 3. The first-order chi connectivity index (χ1) is 15.9. The highest BCUT2D eigenvalue weighted by atomic mass is 32.2. The molecular weight excluding hydrogens is 483 g/mol. The van der Waals surface area contributed by atoms with Gasteiger partial charge >= 0.3 is 12.3 Å². The number of amides is 2. The average Bonchev–Trinajstić information content (AvgIpc) is 2.83. The van der Waals surface area contributed by atoms with E-state index in [4.69, 9.17) is 4.74 Å². The van der Waals surface area contributed by atoms with Gasteiger partial charge in [0.15, 0.2) is 4.75 Å². The predicted octanol–water partition coefficient (Wildman–Crippen LogP) is 1.98. The molecule has 34 heavy (non-hydrogen) atoms. The number of nitrogens with one attached hydrogen (secondary N) is 1. The molecule has 1 aromatic carbocycles. The Morgan fingerprint density at radius 1 is 1.09 bits per heavy atom. The predicted molar refractivity (Wildman–Crippen MR) is 111 cm³/mol. The molecule has 0 radical (unpaired) electrons. The van der Waals surface area contributed by atoms with Gasteiger partial charge in [0, 0.05) is 26.2 Å². The first-order valence-corrected chi connectivity index (χ1v) is 12.0. The summed E-state index contributed by atoms with van der Waals surface area (Å²) < 4.78 is 74.6. The molecule has 10 nitrogen and oxygen atoms in total. The minimum atomic E-state index is -4.46. The van der Waals surface area contributed by atoms with Crippen LogP contribution in [0.15, 0.2) is 24.3 Å². The lowest BCUT2D eigenvalue weighted by Gasteiger charge is -2.42. The zero-order chi connectivity index (χ0) is 25.1. The average molecular weight is 510 g/mol. The van der Waals surface area contributed by atoms with E-state index in [1.165, 1.54) is 29.6 Å². The maximum absolute atomic E-state index is 13.5. The molecule has 0 aliphatic carbocycles. The van der Waals surface area contributed by atoms with Crippen molar-refractivity contribution < 1.29 is 45.9 Å². The third-order valence-electron chi connectivity index (χ3n) is 6.24. The minimum Gasteiger partial charge on any atom is -0.490 e. The molecule has 0 atom stereocenters. The molecule has 2 aliphatic heterocycles. The van der Waals surface area contributed by atoms with E-state index in [0.717, 1.165) is 16.4 Å². The fourth-order valence-electron chi connectivity index (χ4n) is 4.24. The van der Waals surface area contributed by atoms with Gasteiger partial charge in [-0.05, 0) is 49.9 Å². The van der Waals surface area contributed by atoms with E-state index in [0.29, 0.717) is 0 Å². The van der Waals surface area contributed by atoms with Crippen molar-refractivity contribution in [3.63, 3.8) is 0 Å². The zero-order valence-corrected chi connectivity index (χ0v) is 19.2. The van der Waals surface area contributed by atoms with Crippen molar-refractivity contribution in [2.75, 3.05) is 33.3 Å². The summed E-state index contributed by atoms with van der Waals surface area (Å²) in [7, 11) is -3.04. The van der Waals surface area contributed by atoms with Crippen LogP contribution < -0.4 is 10.2 Å². The van der Waals surface area contributed by atoms with Gasteiger partial charge in [-0.3, -0.25) is 10.0 Å². The van der Waals surface area contributed by atoms with Crippen LogP contribution in [-0.4, -0.2) is 79.0 Å². The van der Waals surface area contributed by atoms with Crippen molar-refractivity contribution in [3.8, 4) is 5.75 Å². The maximum atomic E-state index is 13.5. The molecule has 0 bridgehead atoms. The Kier molecular flexibility index (Phi) is 7.62. The van der Waals surface area contributed by atoms with E-state index >= 15 is 0 Å². The van der Waals surface area contributed by atoms with Gasteiger partial charge in [0.25, 0.3) is 5.91 Å². The molecule has 0 unspecified atom stereocenters. The van der Waals surface area contributed by atoms with Crippen molar-refractivity contribution in [1.82, 2.24) is 14.7 Å². The van der Waals surface area contributed by atoms with Crippen LogP contribution in [0.25, 0.3) is 0 Å². The quantitative estimate of drug-likeness (QED) is 0.459. The molecule has 1 aromatic rings. The number of hydrogen-bond acceptors (Lipinski definition) is 7. The highest BCUT2D eigenvalue weighted by Gasteiger charge is 2.55. The molecule has 14 heteroatoms. The van der Waals surface area contributed by atoms with Crippen molar-refractivity contribution in [3.05, 3.63) is 29.8 Å². The summed E-state index contributed by atoms with van der Waals surface area (Å²) in [6.07, 6.45) is -5.46. The minimum absolute atomic E-state index is 0.0226. The second-order valence-corrected chi connectivity index (χ2v) is 10.4. The van der Waals surface area contributed by atoms with E-state index in [1.54, 1.807) is 0 Å². The monoisotopic (exact) mass is 509 g/mol. The number of carbonyl (C=O) groups excluding carboxylic acids is 2. The number of piperidine rings is 2. The number of methoxy groups -OCH3 is 1. The summed E-state index contributed by atoms with van der Waals surface area (Å²) in [5, 5.41) is 9.23. The van der Waals surface area contributed by atoms with E-state index in [1.807, 2.05) is 0 Å². The summed E-state index contributed by atoms with van der Waals surface area (Å²) in [5.41, 5.74) is 0.652. The number of hydrogen-bond donors (Lipinski definition) is 2. The summed E-state index contributed by atoms with van der Waals surface area (Å²) >= 11 is 0. The van der Waals surface area contributed by atoms with E-state index in [2.05, 4.69) is 4.74 Å². The largest absolute Gasteiger partial charge is 0.490 e. The van der Waals surface area contributed by atoms with Crippen LogP contribution in [0.4, 0.5) is 18.0 Å². The van der Waals surface area contributed by atoms with Crippen LogP contribution in [0, 0.1) is 0 Å². The van der Waals surface area contributed by atoms with Crippen molar-refractivity contribution >= 4 is 22.0 Å². The smallest absolute Gasteiger partial charge is 0.416 e. The number of rotatable bonds is 5. The summed E-state index contributed by atoms with van der Waals surface area (Å²) in [6, 6.07) is 4.24. The molecule has 0 aromatic heterocycles. The Morgan fingerprint density at radius 2 is 1.65 bits per heavy atom. The number of carbonyl (C=O) groups is 2. The van der Waals surface area contributed by atoms with Gasteiger partial charge in [-0.1, -0.05) is 0 Å². The lowest BCUT2D eigenvalue weighted by molar-refractivity contribution is -0.137. The first-order valence-electron chi connectivity index (χ1n) is 10.6. The van der Waals surface area contributed by atoms with Gasteiger partial charge in [-0.25, -0.2) is 23.0 Å². The second-order valence-electron chi connectivity index (χ2n) is 8.14. The van der Waals surface area contributed by atoms with Crippen LogP contribution in [0.5, 0.6) is 5.75 Å². The summed E-state index contributed by atoms with van der Waals surface area (Å²) in [6.45, 7) is -0.0523. The molecule has 2 saturated heterocycles. The number of hydroxylamine groups is 1. The van der Waals surface area contributed by atoms with Gasteiger partial charge in [0.05, 0.1) is 12.7 Å². The molecule has 2 N–H and O–H groups in total. The van der Waals surface area contributed by atoms with Gasteiger partial charge < -0.3 is 14.4 Å². The number of sulfonamides is 1. The fourth-order valence-corrected chi connectivity index (χ4v) is 6.40. The maximum Gasteiger partial charge on any atom is 0.416 e. The van der Waals surface area contributed by atoms with Gasteiger partial charge in [0.2, 0.25) is 10.0 Å². The number of benzene rings is 1. The van der Waals surface area contributed by atoms with E-state index in [9.17, 15) is 36.4 Å². The standard InChI is InChI=1S/C20H26F3N3O7S/c1-32-18(28)25-12-8-19(9-13-25,17(27)24-29)34(30,31)26-10-6-16(7-11-26)33-15-4-2-14(3-5-15)20(21,22)23/h2-5,16,29H,6-13H2,1H3,(H,24,27). The molecule has 190 valence electrons. The number of nitrogens with zero attached hydrogens (tertiary/aromatic N) is 2. The lowest BCUT2D eigenvalue weighted by Crippen LogP contribution is -2.62. The van der Waals surface area contributed by atoms with Gasteiger partial charge in [-0.15, -0.1) is 0 Å². The van der Waals surface area contributed by atoms with Crippen LogP contribution >= 0.6 is 0 Å². The lowest BCUT2D eigenvalue weighted by atomic mass is 9.95. The molecule has 2 aliphatic rings. The first kappa shape index (κ1) is 26.0. The second kappa shape index (κ2) is 9.96. The molecule has 2 amide bonds. The van der Waals surface area contributed by atoms with Crippen molar-refractivity contribution in [1.29, 1.82) is 0 Å². The summed E-state index contributed by atoms with van der Waals surface area (Å²) in [4.78, 5) is 25.5. The molecule has 0 spiro atoms.